The molecule has 0 saturated carbocycles. The standard InChI is InChI=1S/C14H14BrNO2S/c1-16(2)19(17,18)13-8-12(15)10-5-3-4-9-6-7-11(13)14(9)10/h3-5,8H,6-7H2,1-2H3. The van der Waals surface area contributed by atoms with Gasteiger partial charge in [-0.15, -0.1) is 0 Å². The Morgan fingerprint density at radius 1 is 1.21 bits per heavy atom. The molecule has 0 fully saturated rings. The maximum absolute atomic E-state index is 12.4. The Kier molecular flexibility index (Phi) is 2.96. The summed E-state index contributed by atoms with van der Waals surface area (Å²) in [6.07, 6.45) is 1.71. The Morgan fingerprint density at radius 2 is 1.95 bits per heavy atom. The van der Waals surface area contributed by atoms with Gasteiger partial charge in [0.05, 0.1) is 4.90 Å². The second-order valence-electron chi connectivity index (χ2n) is 4.96. The molecule has 2 aromatic carbocycles. The maximum atomic E-state index is 12.4. The second-order valence-corrected chi connectivity index (χ2v) is 7.94. The van der Waals surface area contributed by atoms with Crippen molar-refractivity contribution >= 4 is 36.7 Å². The van der Waals surface area contributed by atoms with Crippen LogP contribution < -0.4 is 0 Å². The average molecular weight is 340 g/mol. The van der Waals surface area contributed by atoms with Crippen LogP contribution in [0.3, 0.4) is 0 Å². The summed E-state index contributed by atoms with van der Waals surface area (Å²) in [6, 6.07) is 7.88. The largest absolute Gasteiger partial charge is 0.242 e. The molecule has 1 aliphatic rings. The molecule has 0 unspecified atom stereocenters. The fourth-order valence-electron chi connectivity index (χ4n) is 2.70. The molecule has 0 aliphatic heterocycles. The lowest BCUT2D eigenvalue weighted by molar-refractivity contribution is 0.520. The summed E-state index contributed by atoms with van der Waals surface area (Å²) in [5.41, 5.74) is 2.20. The molecule has 0 N–H and O–H groups in total. The Bertz CT molecular complexity index is 782. The Hall–Kier alpha value is -0.910. The summed E-state index contributed by atoms with van der Waals surface area (Å²) in [7, 11) is -0.256. The van der Waals surface area contributed by atoms with Gasteiger partial charge >= 0.3 is 0 Å². The van der Waals surface area contributed by atoms with Crippen LogP contribution in [0.1, 0.15) is 11.1 Å². The molecule has 0 radical (unpaired) electrons. The van der Waals surface area contributed by atoms with E-state index in [4.69, 9.17) is 0 Å². The van der Waals surface area contributed by atoms with Gasteiger partial charge in [-0.2, -0.15) is 0 Å². The van der Waals surface area contributed by atoms with Crippen molar-refractivity contribution in [2.45, 2.75) is 17.7 Å². The highest BCUT2D eigenvalue weighted by molar-refractivity contribution is 9.10. The summed E-state index contributed by atoms with van der Waals surface area (Å²) >= 11 is 3.50. The van der Waals surface area contributed by atoms with Crippen LogP contribution in [0, 0.1) is 0 Å². The first kappa shape index (κ1) is 13.1. The van der Waals surface area contributed by atoms with Crippen LogP contribution in [-0.2, 0) is 22.9 Å². The predicted octanol–water partition coefficient (Wildman–Crippen LogP) is 2.95. The van der Waals surface area contributed by atoms with Crippen molar-refractivity contribution in [3.8, 4) is 0 Å². The van der Waals surface area contributed by atoms with Crippen molar-refractivity contribution in [2.24, 2.45) is 0 Å². The van der Waals surface area contributed by atoms with E-state index in [1.165, 1.54) is 9.87 Å². The van der Waals surface area contributed by atoms with E-state index in [1.807, 2.05) is 12.1 Å². The van der Waals surface area contributed by atoms with Crippen LogP contribution in [0.15, 0.2) is 33.6 Å². The van der Waals surface area contributed by atoms with Gasteiger partial charge in [-0.25, -0.2) is 12.7 Å². The quantitative estimate of drug-likeness (QED) is 0.843. The molecule has 5 heteroatoms. The number of hydrogen-bond acceptors (Lipinski definition) is 2. The van der Waals surface area contributed by atoms with E-state index in [0.717, 1.165) is 33.7 Å². The third-order valence-electron chi connectivity index (χ3n) is 3.67. The predicted molar refractivity (Wildman–Crippen MR) is 79.9 cm³/mol. The van der Waals surface area contributed by atoms with Crippen molar-refractivity contribution in [3.63, 3.8) is 0 Å². The molecule has 0 saturated heterocycles. The molecular weight excluding hydrogens is 326 g/mol. The number of aryl methyl sites for hydroxylation is 2. The summed E-state index contributed by atoms with van der Waals surface area (Å²) < 4.78 is 27.0. The van der Waals surface area contributed by atoms with Gasteiger partial charge in [-0.1, -0.05) is 34.1 Å². The fourth-order valence-corrected chi connectivity index (χ4v) is 4.59. The van der Waals surface area contributed by atoms with E-state index in [9.17, 15) is 8.42 Å². The molecule has 19 heavy (non-hydrogen) atoms. The number of hydrogen-bond donors (Lipinski definition) is 0. The lowest BCUT2D eigenvalue weighted by atomic mass is 10.1. The SMILES string of the molecule is CN(C)S(=O)(=O)c1cc(Br)c2cccc3c2c1CC3. The van der Waals surface area contributed by atoms with Gasteiger partial charge in [0.25, 0.3) is 0 Å². The van der Waals surface area contributed by atoms with Crippen LogP contribution in [-0.4, -0.2) is 26.8 Å². The van der Waals surface area contributed by atoms with Crippen LogP contribution in [0.4, 0.5) is 0 Å². The highest BCUT2D eigenvalue weighted by atomic mass is 79.9. The lowest BCUT2D eigenvalue weighted by Crippen LogP contribution is -2.23. The maximum Gasteiger partial charge on any atom is 0.242 e. The van der Waals surface area contributed by atoms with Crippen molar-refractivity contribution in [1.82, 2.24) is 4.31 Å². The van der Waals surface area contributed by atoms with E-state index in [-0.39, 0.29) is 0 Å². The third-order valence-corrected chi connectivity index (χ3v) is 6.21. The lowest BCUT2D eigenvalue weighted by Gasteiger charge is -2.16. The molecule has 100 valence electrons. The van der Waals surface area contributed by atoms with Crippen LogP contribution in [0.5, 0.6) is 0 Å². The molecule has 1 aliphatic carbocycles. The molecule has 2 aromatic rings. The minimum Gasteiger partial charge on any atom is -0.207 e. The first-order valence-corrected chi connectivity index (χ1v) is 8.31. The molecule has 0 aromatic heterocycles. The highest BCUT2D eigenvalue weighted by Crippen LogP contribution is 2.39. The summed E-state index contributed by atoms with van der Waals surface area (Å²) in [5.74, 6) is 0. The fraction of sp³-hybridized carbons (Fsp3) is 0.286. The average Bonchev–Trinajstić information content (AvgIpc) is 2.78. The molecular formula is C14H14BrNO2S. The van der Waals surface area contributed by atoms with Gasteiger partial charge in [0.15, 0.2) is 0 Å². The topological polar surface area (TPSA) is 37.4 Å². The molecule has 0 heterocycles. The van der Waals surface area contributed by atoms with E-state index >= 15 is 0 Å². The highest BCUT2D eigenvalue weighted by Gasteiger charge is 2.27. The molecule has 3 rings (SSSR count). The van der Waals surface area contributed by atoms with E-state index < -0.39 is 10.0 Å². The second kappa shape index (κ2) is 4.30. The zero-order valence-corrected chi connectivity index (χ0v) is 13.2. The molecule has 0 spiro atoms. The van der Waals surface area contributed by atoms with Crippen molar-refractivity contribution in [2.75, 3.05) is 14.1 Å². The van der Waals surface area contributed by atoms with E-state index in [0.29, 0.717) is 4.90 Å². The molecule has 3 nitrogen and oxygen atoms in total. The van der Waals surface area contributed by atoms with E-state index in [2.05, 4.69) is 22.0 Å². The molecule has 0 bridgehead atoms. The number of sulfonamides is 1. The summed E-state index contributed by atoms with van der Waals surface area (Å²) in [4.78, 5) is 0.432. The van der Waals surface area contributed by atoms with Crippen molar-refractivity contribution < 1.29 is 8.42 Å². The first-order chi connectivity index (χ1) is 8.93. The first-order valence-electron chi connectivity index (χ1n) is 6.08. The van der Waals surface area contributed by atoms with Crippen LogP contribution >= 0.6 is 15.9 Å². The van der Waals surface area contributed by atoms with Gasteiger partial charge < -0.3 is 0 Å². The number of halogens is 1. The zero-order chi connectivity index (χ0) is 13.8. The number of nitrogens with zero attached hydrogens (tertiary/aromatic N) is 1. The van der Waals surface area contributed by atoms with Crippen LogP contribution in [0.25, 0.3) is 10.8 Å². The Labute approximate surface area is 121 Å². The van der Waals surface area contributed by atoms with Gasteiger partial charge in [-0.3, -0.25) is 0 Å². The van der Waals surface area contributed by atoms with Crippen molar-refractivity contribution in [3.05, 3.63) is 39.9 Å². The smallest absolute Gasteiger partial charge is 0.207 e. The minimum atomic E-state index is -3.40. The zero-order valence-electron chi connectivity index (χ0n) is 10.8. The summed E-state index contributed by atoms with van der Waals surface area (Å²) in [6.45, 7) is 0. The number of rotatable bonds is 2. The molecule has 0 atom stereocenters. The molecule has 0 amide bonds. The van der Waals surface area contributed by atoms with Crippen molar-refractivity contribution in [1.29, 1.82) is 0 Å². The van der Waals surface area contributed by atoms with Gasteiger partial charge in [0.1, 0.15) is 0 Å². The van der Waals surface area contributed by atoms with Gasteiger partial charge in [0.2, 0.25) is 10.0 Å². The van der Waals surface area contributed by atoms with Gasteiger partial charge in [0, 0.05) is 18.6 Å². The van der Waals surface area contributed by atoms with E-state index in [1.54, 1.807) is 20.2 Å². The summed E-state index contributed by atoms with van der Waals surface area (Å²) in [5, 5.41) is 2.21. The Morgan fingerprint density at radius 3 is 2.63 bits per heavy atom. The Balaban J connectivity index is 2.44. The third kappa shape index (κ3) is 1.83. The minimum absolute atomic E-state index is 0.432. The van der Waals surface area contributed by atoms with Gasteiger partial charge in [-0.05, 0) is 40.8 Å². The van der Waals surface area contributed by atoms with Crippen LogP contribution in [0.2, 0.25) is 0 Å². The number of benzene rings is 2. The normalized spacial score (nSPS) is 14.5. The monoisotopic (exact) mass is 339 g/mol.